The Labute approximate surface area is 805 Å². The summed E-state index contributed by atoms with van der Waals surface area (Å²) < 4.78 is 107. The largest absolute Gasteiger partial charge is 0.481 e. The summed E-state index contributed by atoms with van der Waals surface area (Å²) in [5.74, 6) is -6.50. The van der Waals surface area contributed by atoms with E-state index in [0.29, 0.717) is 123 Å². The van der Waals surface area contributed by atoms with Crippen molar-refractivity contribution in [2.75, 3.05) is 91.9 Å². The molecule has 12 heterocycles. The molecule has 8 aliphatic heterocycles. The highest BCUT2D eigenvalue weighted by Gasteiger charge is 2.49. The summed E-state index contributed by atoms with van der Waals surface area (Å²) in [7, 11) is 0. The fourth-order valence-electron chi connectivity index (χ4n) is 15.7. The fourth-order valence-corrected chi connectivity index (χ4v) is 19.7. The predicted molar refractivity (Wildman–Crippen MR) is 493 cm³/mol. The summed E-state index contributed by atoms with van der Waals surface area (Å²) in [6.45, 7) is 9.33. The SMILES string of the molecule is CCOC(=O)C1=C(CN2CC(F)(CCC(=O)O)C2)NC(c2nccs2)=N[C@H]1c1ccc(F)cc1Br.CCOC(=O)C1=C(CN2CC(F)(CCC(=O)O)C2)NC(c2nccs2)=N[C@H]1c1ccc(F)cc1Cl.CCOC(=O)C1=C(CN2CCC2C(=O)O)NC(c2nccs2)=N[C@H]1c1ccc(F)cc1Br.CCOC(=O)C1=C(CN2CCC2C(=O)O)NC(c2nccs2)=N[C@H]1c1ccc(F)cc1Cl. The van der Waals surface area contributed by atoms with Gasteiger partial charge in [-0.1, -0.05) is 79.3 Å². The predicted octanol–water partition coefficient (Wildman–Crippen LogP) is 13.7. The maximum atomic E-state index is 14.9. The van der Waals surface area contributed by atoms with Crippen LogP contribution in [0.5, 0.6) is 0 Å². The fraction of sp³-hybridized carbons (Fsp3) is 0.364. The number of nitrogens with zero attached hydrogens (tertiary/aromatic N) is 12. The first-order chi connectivity index (χ1) is 64.1. The summed E-state index contributed by atoms with van der Waals surface area (Å²) in [4.78, 5) is 140. The highest BCUT2D eigenvalue weighted by atomic mass is 79.9. The normalized spacial score (nSPS) is 20.2. The molecule has 4 fully saturated rings. The smallest absolute Gasteiger partial charge is 0.338 e. The van der Waals surface area contributed by atoms with Gasteiger partial charge in [-0.25, -0.2) is 65.5 Å². The van der Waals surface area contributed by atoms with Gasteiger partial charge in [-0.15, -0.1) is 45.3 Å². The molecule has 6 atom stereocenters. The minimum Gasteiger partial charge on any atom is -0.481 e. The molecule has 32 nitrogen and oxygen atoms in total. The van der Waals surface area contributed by atoms with Crippen molar-refractivity contribution in [3.05, 3.63) is 249 Å². The first-order valence-electron chi connectivity index (χ1n) is 41.7. The van der Waals surface area contributed by atoms with Crippen LogP contribution in [0.3, 0.4) is 0 Å². The van der Waals surface area contributed by atoms with Crippen LogP contribution in [0.2, 0.25) is 10.0 Å². The maximum absolute atomic E-state index is 14.9. The summed E-state index contributed by atoms with van der Waals surface area (Å²) >= 11 is 24.9. The van der Waals surface area contributed by atoms with Gasteiger partial charge in [0.25, 0.3) is 0 Å². The topological polar surface area (TPSA) is 416 Å². The Morgan fingerprint density at radius 1 is 0.425 bits per heavy atom. The van der Waals surface area contributed by atoms with E-state index in [1.165, 1.54) is 93.9 Å². The molecule has 16 rings (SSSR count). The Hall–Kier alpha value is -11.0. The van der Waals surface area contributed by atoms with Crippen LogP contribution in [0, 0.1) is 23.3 Å². The van der Waals surface area contributed by atoms with Gasteiger partial charge in [0.15, 0.2) is 43.4 Å². The zero-order chi connectivity index (χ0) is 96.0. The minimum absolute atomic E-state index is 0.0211. The van der Waals surface area contributed by atoms with E-state index in [9.17, 15) is 74.9 Å². The quantitative estimate of drug-likeness (QED) is 0.0110. The van der Waals surface area contributed by atoms with Crippen LogP contribution in [0.1, 0.15) is 133 Å². The minimum atomic E-state index is -1.61. The number of carbonyl (C=O) groups excluding carboxylic acids is 4. The Morgan fingerprint density at radius 2 is 0.694 bits per heavy atom. The number of benzene rings is 4. The second-order valence-corrected chi connectivity index (χ2v) is 37.2. The van der Waals surface area contributed by atoms with Crippen molar-refractivity contribution in [3.8, 4) is 0 Å². The number of likely N-dealkylation sites (tertiary alicyclic amines) is 4. The van der Waals surface area contributed by atoms with E-state index in [-0.39, 0.29) is 137 Å². The highest BCUT2D eigenvalue weighted by molar-refractivity contribution is 9.10. The third-order valence-corrected chi connectivity index (χ3v) is 27.1. The van der Waals surface area contributed by atoms with Crippen LogP contribution in [-0.4, -0.2) is 246 Å². The average Bonchev–Trinajstić information content (AvgIpc) is 1.17. The van der Waals surface area contributed by atoms with Gasteiger partial charge in [-0.2, -0.15) is 0 Å². The number of esters is 4. The van der Waals surface area contributed by atoms with E-state index in [1.54, 1.807) is 100 Å². The van der Waals surface area contributed by atoms with E-state index in [1.807, 2.05) is 5.38 Å². The van der Waals surface area contributed by atoms with Gasteiger partial charge in [0.2, 0.25) is 0 Å². The van der Waals surface area contributed by atoms with Crippen molar-refractivity contribution in [1.29, 1.82) is 0 Å². The van der Waals surface area contributed by atoms with Crippen LogP contribution in [-0.2, 0) is 57.3 Å². The van der Waals surface area contributed by atoms with E-state index in [0.717, 1.165) is 12.1 Å². The van der Waals surface area contributed by atoms with E-state index in [2.05, 4.69) is 83.0 Å². The van der Waals surface area contributed by atoms with E-state index in [4.69, 9.17) is 62.3 Å². The van der Waals surface area contributed by atoms with Gasteiger partial charge in [0.05, 0.1) is 48.7 Å². The second-order valence-electron chi connectivity index (χ2n) is 31.1. The number of hydrogen-bond donors (Lipinski definition) is 8. The molecular formula is C88H86Br2Cl2F6N16O16S4. The molecule has 2 unspecified atom stereocenters. The van der Waals surface area contributed by atoms with E-state index < -0.39 is 119 Å². The number of aliphatic carboxylic acids is 4. The molecule has 0 amide bonds. The lowest BCUT2D eigenvalue weighted by Crippen LogP contribution is -2.60. The molecule has 8 aromatic rings. The second kappa shape index (κ2) is 45.1. The monoisotopic (exact) mass is 2090 g/mol. The van der Waals surface area contributed by atoms with E-state index >= 15 is 0 Å². The molecule has 0 aliphatic carbocycles. The number of nitrogens with one attached hydrogen (secondary N) is 4. The molecule has 4 aromatic heterocycles. The summed E-state index contributed by atoms with van der Waals surface area (Å²) in [5.41, 5.74) is 1.55. The number of carboxylic acids is 4. The average molecular weight is 2100 g/mol. The van der Waals surface area contributed by atoms with Gasteiger partial charge in [-0.3, -0.25) is 58.7 Å². The number of hydrogen-bond acceptors (Lipinski definition) is 32. The zero-order valence-corrected chi connectivity index (χ0v) is 79.6. The number of carboxylic acid groups (broad SMARTS) is 4. The third-order valence-electron chi connectivity index (χ3n) is 22.0. The Bertz CT molecular complexity index is 5650. The highest BCUT2D eigenvalue weighted by Crippen LogP contribution is 2.45. The van der Waals surface area contributed by atoms with Gasteiger partial charge in [0.1, 0.15) is 70.9 Å². The lowest BCUT2D eigenvalue weighted by molar-refractivity contribution is -0.148. The number of carbonyl (C=O) groups is 8. The number of alkyl halides is 2. The maximum Gasteiger partial charge on any atom is 0.338 e. The van der Waals surface area contributed by atoms with Crippen LogP contribution in [0.25, 0.3) is 0 Å². The number of amidine groups is 4. The molecule has 8 N–H and O–H groups in total. The number of aromatic nitrogens is 4. The van der Waals surface area contributed by atoms with Crippen molar-refractivity contribution < 1.29 is 104 Å². The lowest BCUT2D eigenvalue weighted by Gasteiger charge is -2.45. The van der Waals surface area contributed by atoms with Crippen molar-refractivity contribution in [2.24, 2.45) is 20.0 Å². The van der Waals surface area contributed by atoms with Crippen molar-refractivity contribution in [1.82, 2.24) is 60.8 Å². The third kappa shape index (κ3) is 24.4. The summed E-state index contributed by atoms with van der Waals surface area (Å²) in [6.07, 6.45) is 6.91. The number of thiazole rings is 4. The lowest BCUT2D eigenvalue weighted by atomic mass is 9.89. The number of aliphatic imine (C=N–C) groups is 4. The van der Waals surface area contributed by atoms with Gasteiger partial charge in [0, 0.05) is 178 Å². The summed E-state index contributed by atoms with van der Waals surface area (Å²) in [6, 6.07) is 11.4. The first-order valence-corrected chi connectivity index (χ1v) is 47.6. The Morgan fingerprint density at radius 3 is 0.925 bits per heavy atom. The standard InChI is InChI=1S/C23H23BrF2N4O4S.C23H23ClF2N4O4S.C21H20BrFN4O4S.C21H20ClFN4O4S/c2*1-2-34-22(33)18-16(10-30-11-23(26,12-30)6-5-17(31)32)28-20(21-27-7-8-35-21)29-19(18)14-4-3-13(25)9-15(14)24;2*1-2-31-21(30)16-14(10-27-7-5-15(27)20(28)29)25-18(19-24-6-8-32-19)26-17(16)12-4-3-11(23)9-13(12)22/h2*3-4,7-9,19H,2,5-6,10-12H2,1H3,(H,28,29)(H,31,32);2*3-4,6,8-9,15,17H,2,5,7,10H2,1H3,(H,25,26)(H,28,29)/t2*19-;2*15?,17-/m0000/s1. The Balaban J connectivity index is 0.000000152. The first kappa shape index (κ1) is 100. The van der Waals surface area contributed by atoms with Crippen LogP contribution < -0.4 is 21.3 Å². The molecule has 4 aromatic carbocycles. The number of halogens is 10. The number of rotatable bonds is 32. The molecule has 46 heteroatoms. The molecule has 0 spiro atoms. The molecule has 8 aliphatic rings. The zero-order valence-electron chi connectivity index (χ0n) is 71.6. The van der Waals surface area contributed by atoms with Crippen LogP contribution in [0.15, 0.2) is 193 Å². The van der Waals surface area contributed by atoms with Crippen molar-refractivity contribution in [2.45, 2.75) is 114 Å². The molecule has 0 radical (unpaired) electrons. The Kier molecular flexibility index (Phi) is 33.8. The molecule has 708 valence electrons. The number of ether oxygens (including phenoxy) is 4. The van der Waals surface area contributed by atoms with Crippen molar-refractivity contribution >= 4 is 172 Å². The summed E-state index contributed by atoms with van der Waals surface area (Å²) in [5, 5.41) is 59.1. The van der Waals surface area contributed by atoms with Crippen LogP contribution in [0.4, 0.5) is 26.3 Å². The van der Waals surface area contributed by atoms with Gasteiger partial charge in [-0.05, 0) is 113 Å². The van der Waals surface area contributed by atoms with Crippen molar-refractivity contribution in [3.63, 3.8) is 0 Å². The molecule has 0 saturated carbocycles. The molecule has 4 saturated heterocycles. The molecule has 134 heavy (non-hydrogen) atoms. The van der Waals surface area contributed by atoms with Gasteiger partial charge < -0.3 is 60.6 Å². The molecular weight excluding hydrogens is 2010 g/mol. The molecule has 0 bridgehead atoms. The van der Waals surface area contributed by atoms with Crippen LogP contribution >= 0.6 is 100 Å². The van der Waals surface area contributed by atoms with Gasteiger partial charge >= 0.3 is 47.8 Å².